The Morgan fingerprint density at radius 2 is 1.80 bits per heavy atom. The number of amides is 1. The van der Waals surface area contributed by atoms with Gasteiger partial charge < -0.3 is 19.1 Å². The number of carbonyl (C=O) groups is 1. The minimum Gasteiger partial charge on any atom is -0.444 e. The molecule has 11 heteroatoms. The molecule has 0 saturated carbocycles. The lowest BCUT2D eigenvalue weighted by Gasteiger charge is -2.24. The first-order valence-electron chi connectivity index (χ1n) is 11.7. The molecule has 0 spiro atoms. The smallest absolute Gasteiger partial charge is 0.416 e. The highest BCUT2D eigenvalue weighted by molar-refractivity contribution is 5.68. The predicted molar refractivity (Wildman–Crippen MR) is 120 cm³/mol. The van der Waals surface area contributed by atoms with E-state index < -0.39 is 29.5 Å². The lowest BCUT2D eigenvalue weighted by Crippen LogP contribution is -2.36. The summed E-state index contributed by atoms with van der Waals surface area (Å²) in [5.41, 5.74) is 0.133. The maximum atomic E-state index is 12.9. The van der Waals surface area contributed by atoms with E-state index in [1.54, 1.807) is 30.4 Å². The predicted octanol–water partition coefficient (Wildman–Crippen LogP) is 4.57. The maximum absolute atomic E-state index is 12.9. The van der Waals surface area contributed by atoms with Crippen molar-refractivity contribution in [3.63, 3.8) is 0 Å². The number of hydrogen-bond donors (Lipinski definition) is 0. The molecule has 0 aliphatic carbocycles. The molecule has 3 heterocycles. The van der Waals surface area contributed by atoms with Crippen molar-refractivity contribution in [2.24, 2.45) is 0 Å². The van der Waals surface area contributed by atoms with Crippen LogP contribution < -0.4 is 0 Å². The minimum absolute atomic E-state index is 0.100. The van der Waals surface area contributed by atoms with E-state index in [1.807, 2.05) is 6.20 Å². The lowest BCUT2D eigenvalue weighted by molar-refractivity contribution is -0.137. The van der Waals surface area contributed by atoms with Gasteiger partial charge in [-0.1, -0.05) is 17.3 Å². The van der Waals surface area contributed by atoms with Crippen LogP contribution in [0.3, 0.4) is 0 Å². The number of hydrogen-bond acceptors (Lipinski definition) is 6. The van der Waals surface area contributed by atoms with Crippen LogP contribution in [0.1, 0.15) is 62.4 Å². The molecular weight excluding hydrogens is 465 g/mol. The summed E-state index contributed by atoms with van der Waals surface area (Å²) >= 11 is 0. The molecule has 1 aromatic carbocycles. The van der Waals surface area contributed by atoms with Gasteiger partial charge in [-0.2, -0.15) is 13.2 Å². The third-order valence-corrected chi connectivity index (χ3v) is 6.14. The Bertz CT molecular complexity index is 997. The molecule has 2 aromatic rings. The summed E-state index contributed by atoms with van der Waals surface area (Å²) in [6.07, 6.45) is -1.63. The van der Waals surface area contributed by atoms with E-state index in [0.29, 0.717) is 25.3 Å². The highest BCUT2D eigenvalue weighted by Gasteiger charge is 2.40. The Kier molecular flexibility index (Phi) is 7.37. The average Bonchev–Trinajstić information content (AvgIpc) is 3.44. The summed E-state index contributed by atoms with van der Waals surface area (Å²) < 4.78 is 57.4. The number of halogens is 3. The van der Waals surface area contributed by atoms with Crippen molar-refractivity contribution in [2.75, 3.05) is 26.3 Å². The number of rotatable bonds is 5. The van der Waals surface area contributed by atoms with Gasteiger partial charge in [-0.25, -0.2) is 9.48 Å². The number of nitrogens with zero attached hydrogens (tertiary/aromatic N) is 4. The topological polar surface area (TPSA) is 78.7 Å². The standard InChI is InChI=1S/C24H31F3N4O4/c1-23(2,3)35-22(32)30-13-20(31-12-19(28-29-31)17-8-10-33-11-9-17)21(14-30)34-15-16-4-6-18(7-5-16)24(25,26)27/h4-7,12,17,20-21H,8-11,13-15H2,1-3H3. The van der Waals surface area contributed by atoms with Crippen LogP contribution in [-0.2, 0) is 27.0 Å². The van der Waals surface area contributed by atoms with Crippen molar-refractivity contribution < 1.29 is 32.2 Å². The van der Waals surface area contributed by atoms with Crippen LogP contribution in [0.25, 0.3) is 0 Å². The fourth-order valence-corrected chi connectivity index (χ4v) is 4.28. The number of carbonyl (C=O) groups excluding carboxylic acids is 1. The van der Waals surface area contributed by atoms with Gasteiger partial charge in [0, 0.05) is 31.9 Å². The van der Waals surface area contributed by atoms with Gasteiger partial charge in [0.05, 0.1) is 36.6 Å². The van der Waals surface area contributed by atoms with Crippen molar-refractivity contribution in [1.82, 2.24) is 19.9 Å². The zero-order chi connectivity index (χ0) is 25.2. The molecular formula is C24H31F3N4O4. The van der Waals surface area contributed by atoms with Gasteiger partial charge in [0.2, 0.25) is 0 Å². The molecule has 2 aliphatic heterocycles. The highest BCUT2D eigenvalue weighted by Crippen LogP contribution is 2.31. The summed E-state index contributed by atoms with van der Waals surface area (Å²) in [5.74, 6) is 0.271. The van der Waals surface area contributed by atoms with E-state index >= 15 is 0 Å². The molecule has 4 rings (SSSR count). The minimum atomic E-state index is -4.39. The third-order valence-electron chi connectivity index (χ3n) is 6.14. The first kappa shape index (κ1) is 25.4. The molecule has 2 saturated heterocycles. The molecule has 2 fully saturated rings. The molecule has 0 bridgehead atoms. The second kappa shape index (κ2) is 10.1. The summed E-state index contributed by atoms with van der Waals surface area (Å²) in [5, 5.41) is 8.69. The zero-order valence-electron chi connectivity index (χ0n) is 20.1. The third kappa shape index (κ3) is 6.52. The van der Waals surface area contributed by atoms with Crippen LogP contribution in [0.2, 0.25) is 0 Å². The molecule has 2 unspecified atom stereocenters. The van der Waals surface area contributed by atoms with Gasteiger partial charge in [0.1, 0.15) is 5.60 Å². The summed E-state index contributed by atoms with van der Waals surface area (Å²) in [6, 6.07) is 4.57. The normalized spacial score (nSPS) is 21.9. The van der Waals surface area contributed by atoms with Crippen LogP contribution in [0.4, 0.5) is 18.0 Å². The maximum Gasteiger partial charge on any atom is 0.416 e. The van der Waals surface area contributed by atoms with Crippen LogP contribution in [0.15, 0.2) is 30.5 Å². The van der Waals surface area contributed by atoms with Crippen LogP contribution in [0.5, 0.6) is 0 Å². The van der Waals surface area contributed by atoms with Crippen LogP contribution >= 0.6 is 0 Å². The SMILES string of the molecule is CC(C)(C)OC(=O)N1CC(OCc2ccc(C(F)(F)F)cc2)C(n2cc(C3CCOCC3)nn2)C1. The number of alkyl halides is 3. The average molecular weight is 497 g/mol. The van der Waals surface area contributed by atoms with Gasteiger partial charge in [-0.15, -0.1) is 5.10 Å². The Labute approximate surface area is 202 Å². The summed E-state index contributed by atoms with van der Waals surface area (Å²) in [7, 11) is 0. The number of benzene rings is 1. The molecule has 192 valence electrons. The Hall–Kier alpha value is -2.66. The summed E-state index contributed by atoms with van der Waals surface area (Å²) in [4.78, 5) is 14.3. The summed E-state index contributed by atoms with van der Waals surface area (Å²) in [6.45, 7) is 7.47. The van der Waals surface area contributed by atoms with E-state index in [1.165, 1.54) is 12.1 Å². The highest BCUT2D eigenvalue weighted by atomic mass is 19.4. The first-order valence-corrected chi connectivity index (χ1v) is 11.7. The quantitative estimate of drug-likeness (QED) is 0.604. The monoisotopic (exact) mass is 496 g/mol. The zero-order valence-corrected chi connectivity index (χ0v) is 20.1. The molecule has 0 N–H and O–H groups in total. The van der Waals surface area contributed by atoms with Crippen molar-refractivity contribution in [2.45, 2.75) is 70.1 Å². The first-order chi connectivity index (χ1) is 16.5. The van der Waals surface area contributed by atoms with E-state index in [-0.39, 0.29) is 25.1 Å². The number of aromatic nitrogens is 3. The fraction of sp³-hybridized carbons (Fsp3) is 0.625. The molecule has 1 aromatic heterocycles. The molecule has 2 atom stereocenters. The van der Waals surface area contributed by atoms with Crippen molar-refractivity contribution in [1.29, 1.82) is 0 Å². The van der Waals surface area contributed by atoms with Crippen molar-refractivity contribution >= 4 is 6.09 Å². The largest absolute Gasteiger partial charge is 0.444 e. The van der Waals surface area contributed by atoms with E-state index in [4.69, 9.17) is 14.2 Å². The van der Waals surface area contributed by atoms with E-state index in [2.05, 4.69) is 10.3 Å². The van der Waals surface area contributed by atoms with E-state index in [9.17, 15) is 18.0 Å². The van der Waals surface area contributed by atoms with E-state index in [0.717, 1.165) is 30.7 Å². The Morgan fingerprint density at radius 1 is 1.11 bits per heavy atom. The second-order valence-electron chi connectivity index (χ2n) is 10.0. The van der Waals surface area contributed by atoms with Gasteiger partial charge >= 0.3 is 12.3 Å². The molecule has 0 radical (unpaired) electrons. The Morgan fingerprint density at radius 3 is 2.43 bits per heavy atom. The molecule has 2 aliphatic rings. The van der Waals surface area contributed by atoms with Crippen molar-refractivity contribution in [3.8, 4) is 0 Å². The van der Waals surface area contributed by atoms with Gasteiger partial charge in [-0.3, -0.25) is 0 Å². The van der Waals surface area contributed by atoms with Gasteiger partial charge in [0.25, 0.3) is 0 Å². The lowest BCUT2D eigenvalue weighted by atomic mass is 9.97. The fourth-order valence-electron chi connectivity index (χ4n) is 4.28. The van der Waals surface area contributed by atoms with Crippen LogP contribution in [-0.4, -0.2) is 64.0 Å². The molecule has 8 nitrogen and oxygen atoms in total. The molecule has 35 heavy (non-hydrogen) atoms. The number of likely N-dealkylation sites (tertiary alicyclic amines) is 1. The van der Waals surface area contributed by atoms with Gasteiger partial charge in [-0.05, 0) is 51.3 Å². The Balaban J connectivity index is 1.48. The number of ether oxygens (including phenoxy) is 3. The van der Waals surface area contributed by atoms with Crippen molar-refractivity contribution in [3.05, 3.63) is 47.3 Å². The second-order valence-corrected chi connectivity index (χ2v) is 10.0. The van der Waals surface area contributed by atoms with Gasteiger partial charge in [0.15, 0.2) is 0 Å². The molecule has 1 amide bonds. The van der Waals surface area contributed by atoms with Crippen LogP contribution in [0, 0.1) is 0 Å².